The Balaban J connectivity index is 2.74. The topological polar surface area (TPSA) is 38.1 Å². The standard InChI is InChI=1S/C7H12N2O/c1-3-7(10)6-4-8-9(2)5-6/h4-5,7,10H,3H2,1-2H3/t7-/m0/s1. The Morgan fingerprint density at radius 2 is 2.50 bits per heavy atom. The molecule has 0 radical (unpaired) electrons. The van der Waals surface area contributed by atoms with Crippen LogP contribution in [0.4, 0.5) is 0 Å². The molecule has 1 aromatic rings. The molecule has 0 aromatic carbocycles. The van der Waals surface area contributed by atoms with E-state index in [4.69, 9.17) is 0 Å². The van der Waals surface area contributed by atoms with Crippen LogP contribution in [0.25, 0.3) is 0 Å². The molecular weight excluding hydrogens is 128 g/mol. The first kappa shape index (κ1) is 7.28. The first-order chi connectivity index (χ1) is 4.74. The van der Waals surface area contributed by atoms with Gasteiger partial charge in [-0.3, -0.25) is 4.68 Å². The van der Waals surface area contributed by atoms with Crippen molar-refractivity contribution in [3.8, 4) is 0 Å². The summed E-state index contributed by atoms with van der Waals surface area (Å²) in [7, 11) is 1.84. The van der Waals surface area contributed by atoms with Crippen LogP contribution in [0.5, 0.6) is 0 Å². The maximum atomic E-state index is 9.29. The summed E-state index contributed by atoms with van der Waals surface area (Å²) < 4.78 is 1.69. The van der Waals surface area contributed by atoms with Crippen molar-refractivity contribution in [3.63, 3.8) is 0 Å². The lowest BCUT2D eigenvalue weighted by Gasteiger charge is -2.01. The van der Waals surface area contributed by atoms with E-state index in [-0.39, 0.29) is 6.10 Å². The fraction of sp³-hybridized carbons (Fsp3) is 0.571. The average Bonchev–Trinajstić information content (AvgIpc) is 2.34. The van der Waals surface area contributed by atoms with Gasteiger partial charge in [-0.05, 0) is 6.42 Å². The van der Waals surface area contributed by atoms with E-state index in [1.54, 1.807) is 10.9 Å². The first-order valence-electron chi connectivity index (χ1n) is 3.40. The predicted molar refractivity (Wildman–Crippen MR) is 38.5 cm³/mol. The molecule has 0 fully saturated rings. The third-order valence-electron chi connectivity index (χ3n) is 1.50. The molecule has 3 nitrogen and oxygen atoms in total. The van der Waals surface area contributed by atoms with Gasteiger partial charge in [-0.2, -0.15) is 5.10 Å². The molecule has 1 atom stereocenters. The van der Waals surface area contributed by atoms with E-state index in [1.165, 1.54) is 0 Å². The number of hydrogen-bond donors (Lipinski definition) is 1. The third kappa shape index (κ3) is 1.36. The lowest BCUT2D eigenvalue weighted by Crippen LogP contribution is -1.92. The van der Waals surface area contributed by atoms with Crippen LogP contribution in [0, 0.1) is 0 Å². The Bertz CT molecular complexity index is 207. The third-order valence-corrected chi connectivity index (χ3v) is 1.50. The molecule has 0 saturated carbocycles. The lowest BCUT2D eigenvalue weighted by atomic mass is 10.2. The molecule has 1 aromatic heterocycles. The molecule has 0 bridgehead atoms. The van der Waals surface area contributed by atoms with E-state index in [1.807, 2.05) is 20.2 Å². The van der Waals surface area contributed by atoms with Gasteiger partial charge in [0.25, 0.3) is 0 Å². The second-order valence-corrected chi connectivity index (χ2v) is 2.37. The molecule has 1 rings (SSSR count). The fourth-order valence-corrected chi connectivity index (χ4v) is 0.848. The van der Waals surface area contributed by atoms with Gasteiger partial charge < -0.3 is 5.11 Å². The van der Waals surface area contributed by atoms with Crippen molar-refractivity contribution in [2.45, 2.75) is 19.4 Å². The van der Waals surface area contributed by atoms with Crippen molar-refractivity contribution < 1.29 is 5.11 Å². The SMILES string of the molecule is CC[C@H](O)c1cnn(C)c1. The van der Waals surface area contributed by atoms with Gasteiger partial charge in [0.2, 0.25) is 0 Å². The second kappa shape index (κ2) is 2.84. The van der Waals surface area contributed by atoms with Crippen LogP contribution < -0.4 is 0 Å². The highest BCUT2D eigenvalue weighted by Crippen LogP contribution is 2.13. The Hall–Kier alpha value is -0.830. The molecule has 0 aliphatic carbocycles. The van der Waals surface area contributed by atoms with E-state index < -0.39 is 0 Å². The number of hydrogen-bond acceptors (Lipinski definition) is 2. The van der Waals surface area contributed by atoms with E-state index in [9.17, 15) is 5.11 Å². The largest absolute Gasteiger partial charge is 0.388 e. The minimum Gasteiger partial charge on any atom is -0.388 e. The number of nitrogens with zero attached hydrogens (tertiary/aromatic N) is 2. The lowest BCUT2D eigenvalue weighted by molar-refractivity contribution is 0.173. The number of aliphatic hydroxyl groups is 1. The van der Waals surface area contributed by atoms with Gasteiger partial charge in [-0.15, -0.1) is 0 Å². The van der Waals surface area contributed by atoms with Crippen molar-refractivity contribution in [3.05, 3.63) is 18.0 Å². The van der Waals surface area contributed by atoms with Crippen molar-refractivity contribution in [2.24, 2.45) is 7.05 Å². The second-order valence-electron chi connectivity index (χ2n) is 2.37. The number of rotatable bonds is 2. The monoisotopic (exact) mass is 140 g/mol. The number of aliphatic hydroxyl groups excluding tert-OH is 1. The Labute approximate surface area is 60.3 Å². The summed E-state index contributed by atoms with van der Waals surface area (Å²) in [6.07, 6.45) is 3.90. The van der Waals surface area contributed by atoms with Crippen molar-refractivity contribution >= 4 is 0 Å². The van der Waals surface area contributed by atoms with Gasteiger partial charge in [0.15, 0.2) is 0 Å². The van der Waals surface area contributed by atoms with Gasteiger partial charge in [-0.1, -0.05) is 6.92 Å². The van der Waals surface area contributed by atoms with Crippen LogP contribution in [-0.2, 0) is 7.05 Å². The van der Waals surface area contributed by atoms with Gasteiger partial charge >= 0.3 is 0 Å². The summed E-state index contributed by atoms with van der Waals surface area (Å²) in [6.45, 7) is 1.94. The molecule has 3 heteroatoms. The molecule has 10 heavy (non-hydrogen) atoms. The zero-order valence-corrected chi connectivity index (χ0v) is 6.28. The van der Waals surface area contributed by atoms with Crippen molar-refractivity contribution in [2.75, 3.05) is 0 Å². The van der Waals surface area contributed by atoms with Crippen molar-refractivity contribution in [1.82, 2.24) is 9.78 Å². The zero-order valence-electron chi connectivity index (χ0n) is 6.28. The summed E-state index contributed by atoms with van der Waals surface area (Å²) >= 11 is 0. The molecule has 0 spiro atoms. The molecule has 0 amide bonds. The molecular formula is C7H12N2O. The van der Waals surface area contributed by atoms with E-state index in [2.05, 4.69) is 5.10 Å². The zero-order chi connectivity index (χ0) is 7.56. The molecule has 0 unspecified atom stereocenters. The molecule has 0 saturated heterocycles. The highest BCUT2D eigenvalue weighted by atomic mass is 16.3. The van der Waals surface area contributed by atoms with Crippen LogP contribution in [-0.4, -0.2) is 14.9 Å². The van der Waals surface area contributed by atoms with Crippen LogP contribution in [0.3, 0.4) is 0 Å². The number of aryl methyl sites for hydroxylation is 1. The summed E-state index contributed by atoms with van der Waals surface area (Å²) in [4.78, 5) is 0. The molecule has 56 valence electrons. The minimum absolute atomic E-state index is 0.353. The van der Waals surface area contributed by atoms with Gasteiger partial charge in [0.1, 0.15) is 0 Å². The molecule has 1 N–H and O–H groups in total. The van der Waals surface area contributed by atoms with E-state index in [0.29, 0.717) is 0 Å². The van der Waals surface area contributed by atoms with Gasteiger partial charge in [-0.25, -0.2) is 0 Å². The first-order valence-corrected chi connectivity index (χ1v) is 3.40. The minimum atomic E-state index is -0.353. The van der Waals surface area contributed by atoms with Crippen LogP contribution >= 0.6 is 0 Å². The Kier molecular flexibility index (Phi) is 2.06. The molecule has 0 aliphatic heterocycles. The number of aromatic nitrogens is 2. The predicted octanol–water partition coefficient (Wildman–Crippen LogP) is 0.863. The van der Waals surface area contributed by atoms with Gasteiger partial charge in [0.05, 0.1) is 12.3 Å². The average molecular weight is 140 g/mol. The normalized spacial score (nSPS) is 13.5. The highest BCUT2D eigenvalue weighted by Gasteiger charge is 2.04. The molecule has 0 aliphatic rings. The van der Waals surface area contributed by atoms with Crippen LogP contribution in [0.1, 0.15) is 25.0 Å². The smallest absolute Gasteiger partial charge is 0.0817 e. The summed E-state index contributed by atoms with van der Waals surface area (Å²) in [5.41, 5.74) is 0.894. The summed E-state index contributed by atoms with van der Waals surface area (Å²) in [5, 5.41) is 13.2. The van der Waals surface area contributed by atoms with Crippen molar-refractivity contribution in [1.29, 1.82) is 0 Å². The Morgan fingerprint density at radius 1 is 1.80 bits per heavy atom. The Morgan fingerprint density at radius 3 is 2.90 bits per heavy atom. The van der Waals surface area contributed by atoms with Crippen LogP contribution in [0.15, 0.2) is 12.4 Å². The fourth-order valence-electron chi connectivity index (χ4n) is 0.848. The highest BCUT2D eigenvalue weighted by molar-refractivity contribution is 5.06. The maximum absolute atomic E-state index is 9.29. The van der Waals surface area contributed by atoms with E-state index in [0.717, 1.165) is 12.0 Å². The summed E-state index contributed by atoms with van der Waals surface area (Å²) in [6, 6.07) is 0. The molecule has 1 heterocycles. The van der Waals surface area contributed by atoms with Gasteiger partial charge in [0, 0.05) is 18.8 Å². The summed E-state index contributed by atoms with van der Waals surface area (Å²) in [5.74, 6) is 0. The quantitative estimate of drug-likeness (QED) is 0.661. The maximum Gasteiger partial charge on any atom is 0.0817 e. The van der Waals surface area contributed by atoms with E-state index >= 15 is 0 Å². The van der Waals surface area contributed by atoms with Crippen LogP contribution in [0.2, 0.25) is 0 Å².